The minimum atomic E-state index is -3.97. The third-order valence-corrected chi connectivity index (χ3v) is 9.76. The molecule has 0 bridgehead atoms. The predicted molar refractivity (Wildman–Crippen MR) is 158 cm³/mol. The average molecular weight is 633 g/mol. The summed E-state index contributed by atoms with van der Waals surface area (Å²) < 4.78 is 33.1. The van der Waals surface area contributed by atoms with E-state index in [1.54, 1.807) is 39.0 Å². The van der Waals surface area contributed by atoms with E-state index in [1.807, 2.05) is 0 Å². The molecule has 13 heteroatoms. The van der Waals surface area contributed by atoms with Crippen molar-refractivity contribution in [3.05, 3.63) is 63.6 Å². The number of methoxy groups -OCH3 is 1. The second-order valence-electron chi connectivity index (χ2n) is 10.0. The van der Waals surface area contributed by atoms with Crippen LogP contribution in [0.3, 0.4) is 0 Å². The summed E-state index contributed by atoms with van der Waals surface area (Å²) in [5.74, 6) is -0.656. The van der Waals surface area contributed by atoms with Crippen LogP contribution in [0.1, 0.15) is 51.2 Å². The van der Waals surface area contributed by atoms with E-state index in [9.17, 15) is 28.2 Å². The van der Waals surface area contributed by atoms with Gasteiger partial charge in [-0.25, -0.2) is 18.1 Å². The highest BCUT2D eigenvalue weighted by Gasteiger charge is 2.35. The number of ether oxygens (including phenoxy) is 1. The van der Waals surface area contributed by atoms with E-state index >= 15 is 0 Å². The Hall–Kier alpha value is -2.25. The van der Waals surface area contributed by atoms with Crippen molar-refractivity contribution in [3.63, 3.8) is 0 Å². The fourth-order valence-electron chi connectivity index (χ4n) is 4.66. The fraction of sp³-hybridized carbons (Fsp3) is 0.500. The maximum Gasteiger partial charge on any atom is 0.416 e. The number of sulfonamides is 1. The molecule has 0 fully saturated rings. The Balaban J connectivity index is 2.16. The van der Waals surface area contributed by atoms with Crippen molar-refractivity contribution in [2.75, 3.05) is 13.7 Å². The van der Waals surface area contributed by atoms with Gasteiger partial charge in [-0.05, 0) is 75.8 Å². The van der Waals surface area contributed by atoms with Crippen LogP contribution in [0.2, 0.25) is 10.0 Å². The van der Waals surface area contributed by atoms with Gasteiger partial charge in [-0.15, -0.1) is 0 Å². The Morgan fingerprint density at radius 1 is 1.02 bits per heavy atom. The van der Waals surface area contributed by atoms with Crippen molar-refractivity contribution in [1.29, 1.82) is 0 Å². The molecule has 0 aliphatic carbocycles. The van der Waals surface area contributed by atoms with E-state index in [1.165, 1.54) is 28.6 Å². The first-order valence-electron chi connectivity index (χ1n) is 13.2. The Kier molecular flexibility index (Phi) is 13.5. The monoisotopic (exact) mass is 631 g/mol. The molecule has 2 aromatic rings. The highest BCUT2D eigenvalue weighted by atomic mass is 35.5. The molecule has 0 heterocycles. The Labute approximate surface area is 252 Å². The largest absolute Gasteiger partial charge is 0.452 e. The zero-order valence-electron chi connectivity index (χ0n) is 23.7. The van der Waals surface area contributed by atoms with Crippen molar-refractivity contribution in [3.8, 4) is 0 Å². The number of hydrogen-bond acceptors (Lipinski definition) is 8. The molecular weight excluding hydrogens is 593 g/mol. The van der Waals surface area contributed by atoms with Crippen molar-refractivity contribution < 1.29 is 33.0 Å². The molecule has 0 saturated heterocycles. The minimum Gasteiger partial charge on any atom is -0.452 e. The van der Waals surface area contributed by atoms with Crippen LogP contribution in [0.5, 0.6) is 0 Å². The topological polar surface area (TPSA) is 150 Å². The van der Waals surface area contributed by atoms with Gasteiger partial charge in [0.1, 0.15) is 0 Å². The van der Waals surface area contributed by atoms with Gasteiger partial charge in [0.15, 0.2) is 0 Å². The van der Waals surface area contributed by atoms with Crippen molar-refractivity contribution in [2.45, 2.75) is 82.1 Å². The number of carbonyl (C=O) groups excluding carboxylic acids is 2. The number of imide groups is 1. The smallest absolute Gasteiger partial charge is 0.416 e. The number of rotatable bonds is 14. The summed E-state index contributed by atoms with van der Waals surface area (Å²) in [4.78, 5) is 26.8. The Bertz CT molecular complexity index is 1280. The van der Waals surface area contributed by atoms with Gasteiger partial charge in [-0.1, -0.05) is 47.5 Å². The number of nitrogens with two attached hydrogens (primary N) is 1. The summed E-state index contributed by atoms with van der Waals surface area (Å²) in [6.07, 6.45) is 0.127. The molecule has 0 radical (unpaired) electrons. The molecule has 0 saturated carbocycles. The molecule has 0 aliphatic heterocycles. The molecular formula is C28H39Cl2N3O7S. The van der Waals surface area contributed by atoms with Crippen LogP contribution in [0.4, 0.5) is 4.79 Å². The minimum absolute atomic E-state index is 0.0471. The molecule has 2 aromatic carbocycles. The van der Waals surface area contributed by atoms with Crippen molar-refractivity contribution in [2.24, 2.45) is 5.73 Å². The summed E-state index contributed by atoms with van der Waals surface area (Å²) in [5.41, 5.74) is 7.31. The van der Waals surface area contributed by atoms with Gasteiger partial charge in [0.2, 0.25) is 15.9 Å². The van der Waals surface area contributed by atoms with Gasteiger partial charge in [-0.3, -0.25) is 4.79 Å². The summed E-state index contributed by atoms with van der Waals surface area (Å²) >= 11 is 12.3. The maximum absolute atomic E-state index is 13.5. The standard InChI is InChI=1S/C28H39Cl2N3O7S/c1-18(2)33(41(38,39)23-13-11-20(16-34)12-14-23)22(17-35)9-5-7-19(3)32(28(37)40-4)27(36)25(31)15-21-8-6-10-24(29)26(21)30/h6,8,10-14,18-19,22,25,34-35H,5,7,9,15-17,31H2,1-4H3/t19-,22-,25?/m0/s1. The van der Waals surface area contributed by atoms with E-state index in [0.29, 0.717) is 29.0 Å². The number of aliphatic hydroxyl groups excluding tert-OH is 2. The number of halogens is 2. The lowest BCUT2D eigenvalue weighted by molar-refractivity contribution is -0.132. The van der Waals surface area contributed by atoms with E-state index in [-0.39, 0.29) is 29.4 Å². The van der Waals surface area contributed by atoms with Gasteiger partial charge in [0, 0.05) is 18.1 Å². The van der Waals surface area contributed by atoms with Crippen LogP contribution in [0.15, 0.2) is 47.4 Å². The van der Waals surface area contributed by atoms with E-state index < -0.39 is 52.8 Å². The van der Waals surface area contributed by atoms with Gasteiger partial charge in [-0.2, -0.15) is 4.31 Å². The molecule has 4 N–H and O–H groups in total. The number of aliphatic hydroxyl groups is 2. The number of carbonyl (C=O) groups is 2. The molecule has 1 unspecified atom stereocenters. The predicted octanol–water partition coefficient (Wildman–Crippen LogP) is 3.97. The first kappa shape index (κ1) is 34.9. The molecule has 2 amide bonds. The first-order valence-corrected chi connectivity index (χ1v) is 15.4. The van der Waals surface area contributed by atoms with Gasteiger partial charge < -0.3 is 20.7 Å². The zero-order chi connectivity index (χ0) is 30.9. The van der Waals surface area contributed by atoms with E-state index in [4.69, 9.17) is 33.7 Å². The SMILES string of the molecule is COC(=O)N(C(=O)C(N)Cc1cccc(Cl)c1Cl)[C@@H](C)CCC[C@@H](CO)N(C(C)C)S(=O)(=O)c1ccc(CO)cc1. The van der Waals surface area contributed by atoms with Crippen molar-refractivity contribution >= 4 is 45.2 Å². The van der Waals surface area contributed by atoms with Gasteiger partial charge >= 0.3 is 6.09 Å². The highest BCUT2D eigenvalue weighted by Crippen LogP contribution is 2.27. The lowest BCUT2D eigenvalue weighted by Crippen LogP contribution is -2.51. The van der Waals surface area contributed by atoms with Crippen LogP contribution in [0, 0.1) is 0 Å². The average Bonchev–Trinajstić information content (AvgIpc) is 2.94. The molecule has 2 rings (SSSR count). The van der Waals surface area contributed by atoms with Crippen LogP contribution >= 0.6 is 23.2 Å². The third kappa shape index (κ3) is 8.87. The number of amides is 2. The first-order chi connectivity index (χ1) is 19.3. The molecule has 0 aromatic heterocycles. The van der Waals surface area contributed by atoms with Crippen LogP contribution in [0.25, 0.3) is 0 Å². The van der Waals surface area contributed by atoms with Crippen LogP contribution < -0.4 is 5.73 Å². The normalized spacial score (nSPS) is 14.1. The zero-order valence-corrected chi connectivity index (χ0v) is 26.0. The van der Waals surface area contributed by atoms with Crippen LogP contribution in [-0.4, -0.2) is 77.7 Å². The van der Waals surface area contributed by atoms with Gasteiger partial charge in [0.05, 0.1) is 41.3 Å². The van der Waals surface area contributed by atoms with E-state index in [2.05, 4.69) is 0 Å². The molecule has 228 valence electrons. The maximum atomic E-state index is 13.5. The summed E-state index contributed by atoms with van der Waals surface area (Å²) in [6, 6.07) is 7.95. The summed E-state index contributed by atoms with van der Waals surface area (Å²) in [6.45, 7) is 4.47. The lowest BCUT2D eigenvalue weighted by atomic mass is 10.0. The Morgan fingerprint density at radius 2 is 1.66 bits per heavy atom. The summed E-state index contributed by atoms with van der Waals surface area (Å²) in [7, 11) is -2.80. The molecule has 41 heavy (non-hydrogen) atoms. The molecule has 0 aliphatic rings. The van der Waals surface area contributed by atoms with E-state index in [0.717, 1.165) is 12.0 Å². The third-order valence-electron chi connectivity index (χ3n) is 6.76. The quantitative estimate of drug-likeness (QED) is 0.283. The molecule has 10 nitrogen and oxygen atoms in total. The summed E-state index contributed by atoms with van der Waals surface area (Å²) in [5, 5.41) is 20.0. The van der Waals surface area contributed by atoms with Crippen molar-refractivity contribution in [1.82, 2.24) is 9.21 Å². The highest BCUT2D eigenvalue weighted by molar-refractivity contribution is 7.89. The number of benzene rings is 2. The van der Waals surface area contributed by atoms with Gasteiger partial charge in [0.25, 0.3) is 0 Å². The number of hydrogen-bond donors (Lipinski definition) is 3. The molecule has 3 atom stereocenters. The number of nitrogens with zero attached hydrogens (tertiary/aromatic N) is 2. The molecule has 0 spiro atoms. The second-order valence-corrected chi connectivity index (χ2v) is 12.7. The fourth-order valence-corrected chi connectivity index (χ4v) is 6.90. The Morgan fingerprint density at radius 3 is 2.20 bits per heavy atom. The lowest BCUT2D eigenvalue weighted by Gasteiger charge is -2.34. The van der Waals surface area contributed by atoms with Crippen LogP contribution in [-0.2, 0) is 32.6 Å². The second kappa shape index (κ2) is 15.8.